The van der Waals surface area contributed by atoms with Crippen molar-refractivity contribution in [3.8, 4) is 6.07 Å². The zero-order valence-electron chi connectivity index (χ0n) is 11.3. The predicted molar refractivity (Wildman–Crippen MR) is 74.4 cm³/mol. The van der Waals surface area contributed by atoms with E-state index in [9.17, 15) is 9.59 Å². The molecule has 20 heavy (non-hydrogen) atoms. The molecule has 0 saturated heterocycles. The first-order valence-corrected chi connectivity index (χ1v) is 6.17. The number of amides is 1. The molecule has 0 radical (unpaired) electrons. The van der Waals surface area contributed by atoms with Crippen LogP contribution in [0.15, 0.2) is 30.3 Å². The van der Waals surface area contributed by atoms with Crippen LogP contribution in [0.5, 0.6) is 0 Å². The van der Waals surface area contributed by atoms with Gasteiger partial charge in [0.15, 0.2) is 6.61 Å². The van der Waals surface area contributed by atoms with Crippen molar-refractivity contribution in [1.82, 2.24) is 5.32 Å². The molecule has 0 bridgehead atoms. The fraction of sp³-hybridized carbons (Fsp3) is 0.267. The minimum absolute atomic E-state index is 0.229. The number of rotatable bonds is 6. The normalized spacial score (nSPS) is 10.0. The number of nitrogens with one attached hydrogen (secondary N) is 1. The van der Waals surface area contributed by atoms with Crippen molar-refractivity contribution in [2.75, 3.05) is 13.2 Å². The van der Waals surface area contributed by atoms with Gasteiger partial charge in [0.1, 0.15) is 0 Å². The fourth-order valence-electron chi connectivity index (χ4n) is 1.43. The van der Waals surface area contributed by atoms with Crippen molar-refractivity contribution < 1.29 is 14.3 Å². The van der Waals surface area contributed by atoms with E-state index in [-0.39, 0.29) is 19.6 Å². The van der Waals surface area contributed by atoms with Gasteiger partial charge < -0.3 is 10.1 Å². The number of benzene rings is 1. The Morgan fingerprint density at radius 3 is 2.95 bits per heavy atom. The molecule has 0 unspecified atom stereocenters. The van der Waals surface area contributed by atoms with Gasteiger partial charge in [-0.05, 0) is 18.6 Å². The summed E-state index contributed by atoms with van der Waals surface area (Å²) in [7, 11) is 0. The summed E-state index contributed by atoms with van der Waals surface area (Å²) in [5, 5.41) is 10.8. The van der Waals surface area contributed by atoms with E-state index >= 15 is 0 Å². The zero-order chi connectivity index (χ0) is 14.8. The second-order valence-electron chi connectivity index (χ2n) is 4.11. The summed E-state index contributed by atoms with van der Waals surface area (Å²) in [5.74, 6) is -1.00. The average Bonchev–Trinajstić information content (AvgIpc) is 2.43. The molecule has 0 saturated carbocycles. The van der Waals surface area contributed by atoms with Crippen molar-refractivity contribution in [2.24, 2.45) is 0 Å². The van der Waals surface area contributed by atoms with Gasteiger partial charge >= 0.3 is 5.97 Å². The molecule has 1 amide bonds. The number of carbonyl (C=O) groups excluding carboxylic acids is 2. The van der Waals surface area contributed by atoms with Gasteiger partial charge in [-0.25, -0.2) is 4.79 Å². The first kappa shape index (κ1) is 15.4. The number of esters is 1. The Bertz CT molecular complexity index is 544. The minimum Gasteiger partial charge on any atom is -0.452 e. The molecule has 0 heterocycles. The maximum absolute atomic E-state index is 11.4. The molecule has 0 aliphatic rings. The molecule has 1 aromatic carbocycles. The number of nitrogens with zero attached hydrogens (tertiary/aromatic N) is 1. The first-order valence-electron chi connectivity index (χ1n) is 6.17. The second-order valence-corrected chi connectivity index (χ2v) is 4.11. The maximum atomic E-state index is 11.4. The molecule has 1 aromatic rings. The SMILES string of the molecule is Cc1cccc(/C=C/C(=O)OCC(=O)NCCC#N)c1. The molecule has 0 aromatic heterocycles. The lowest BCUT2D eigenvalue weighted by Gasteiger charge is -2.02. The van der Waals surface area contributed by atoms with Gasteiger partial charge in [0.2, 0.25) is 0 Å². The Morgan fingerprint density at radius 2 is 2.25 bits per heavy atom. The number of hydrogen-bond donors (Lipinski definition) is 1. The summed E-state index contributed by atoms with van der Waals surface area (Å²) in [5.41, 5.74) is 1.98. The Morgan fingerprint density at radius 1 is 1.45 bits per heavy atom. The van der Waals surface area contributed by atoms with Crippen LogP contribution >= 0.6 is 0 Å². The van der Waals surface area contributed by atoms with Crippen LogP contribution in [0.3, 0.4) is 0 Å². The predicted octanol–water partition coefficient (Wildman–Crippen LogP) is 1.58. The molecule has 5 nitrogen and oxygen atoms in total. The molecule has 0 aliphatic carbocycles. The van der Waals surface area contributed by atoms with Crippen LogP contribution in [0.25, 0.3) is 6.08 Å². The quantitative estimate of drug-likeness (QED) is 0.484. The standard InChI is InChI=1S/C15H16N2O3/c1-12-4-2-5-13(10-12)6-7-15(19)20-11-14(18)17-9-3-8-16/h2,4-7,10H,3,9,11H2,1H3,(H,17,18)/b7-6+. The molecule has 0 aliphatic heterocycles. The first-order chi connectivity index (χ1) is 9.61. The molecule has 0 fully saturated rings. The van der Waals surface area contributed by atoms with E-state index < -0.39 is 11.9 Å². The van der Waals surface area contributed by atoms with Gasteiger partial charge in [0.05, 0.1) is 12.5 Å². The summed E-state index contributed by atoms with van der Waals surface area (Å²) < 4.78 is 4.77. The van der Waals surface area contributed by atoms with E-state index in [1.54, 1.807) is 6.08 Å². The lowest BCUT2D eigenvalue weighted by Crippen LogP contribution is -2.29. The van der Waals surface area contributed by atoms with E-state index in [1.807, 2.05) is 37.3 Å². The van der Waals surface area contributed by atoms with E-state index in [4.69, 9.17) is 10.00 Å². The molecule has 1 N–H and O–H groups in total. The smallest absolute Gasteiger partial charge is 0.331 e. The summed E-state index contributed by atoms with van der Waals surface area (Å²) in [6.07, 6.45) is 3.13. The number of ether oxygens (including phenoxy) is 1. The topological polar surface area (TPSA) is 79.2 Å². The number of nitriles is 1. The van der Waals surface area contributed by atoms with Crippen molar-refractivity contribution in [1.29, 1.82) is 5.26 Å². The van der Waals surface area contributed by atoms with Crippen LogP contribution in [0.4, 0.5) is 0 Å². The van der Waals surface area contributed by atoms with Crippen molar-refractivity contribution in [3.05, 3.63) is 41.5 Å². The maximum Gasteiger partial charge on any atom is 0.331 e. The number of carbonyl (C=O) groups is 2. The van der Waals surface area contributed by atoms with Gasteiger partial charge in [0.25, 0.3) is 5.91 Å². The average molecular weight is 272 g/mol. The number of hydrogen-bond acceptors (Lipinski definition) is 4. The highest BCUT2D eigenvalue weighted by Gasteiger charge is 2.03. The molecule has 0 spiro atoms. The second kappa shape index (κ2) is 8.48. The van der Waals surface area contributed by atoms with Crippen molar-refractivity contribution in [2.45, 2.75) is 13.3 Å². The van der Waals surface area contributed by atoms with Crippen LogP contribution in [0, 0.1) is 18.3 Å². The van der Waals surface area contributed by atoms with E-state index in [0.717, 1.165) is 11.1 Å². The van der Waals surface area contributed by atoms with Gasteiger partial charge in [-0.15, -0.1) is 0 Å². The highest BCUT2D eigenvalue weighted by Crippen LogP contribution is 2.05. The molecular weight excluding hydrogens is 256 g/mol. The highest BCUT2D eigenvalue weighted by molar-refractivity contribution is 5.89. The van der Waals surface area contributed by atoms with Crippen LogP contribution in [-0.2, 0) is 14.3 Å². The summed E-state index contributed by atoms with van der Waals surface area (Å²) in [6.45, 7) is 1.87. The van der Waals surface area contributed by atoms with Crippen LogP contribution in [-0.4, -0.2) is 25.0 Å². The number of aryl methyl sites for hydroxylation is 1. The molecule has 5 heteroatoms. The molecule has 104 valence electrons. The van der Waals surface area contributed by atoms with E-state index in [2.05, 4.69) is 5.32 Å². The van der Waals surface area contributed by atoms with E-state index in [1.165, 1.54) is 6.08 Å². The molecular formula is C15H16N2O3. The minimum atomic E-state index is -0.582. The lowest BCUT2D eigenvalue weighted by atomic mass is 10.1. The molecule has 0 atom stereocenters. The highest BCUT2D eigenvalue weighted by atomic mass is 16.5. The van der Waals surface area contributed by atoms with Crippen LogP contribution < -0.4 is 5.32 Å². The third-order valence-corrected chi connectivity index (χ3v) is 2.36. The Balaban J connectivity index is 2.33. The molecule has 1 rings (SSSR count). The van der Waals surface area contributed by atoms with Gasteiger partial charge in [0, 0.05) is 12.6 Å². The Kier molecular flexibility index (Phi) is 6.55. The van der Waals surface area contributed by atoms with Crippen LogP contribution in [0.1, 0.15) is 17.5 Å². The third kappa shape index (κ3) is 6.36. The van der Waals surface area contributed by atoms with Crippen molar-refractivity contribution >= 4 is 18.0 Å². The van der Waals surface area contributed by atoms with E-state index in [0.29, 0.717) is 0 Å². The Hall–Kier alpha value is -2.61. The third-order valence-electron chi connectivity index (χ3n) is 2.36. The Labute approximate surface area is 117 Å². The zero-order valence-corrected chi connectivity index (χ0v) is 11.3. The monoisotopic (exact) mass is 272 g/mol. The fourth-order valence-corrected chi connectivity index (χ4v) is 1.43. The summed E-state index contributed by atoms with van der Waals surface area (Å²) in [4.78, 5) is 22.6. The van der Waals surface area contributed by atoms with Crippen molar-refractivity contribution in [3.63, 3.8) is 0 Å². The van der Waals surface area contributed by atoms with Gasteiger partial charge in [-0.2, -0.15) is 5.26 Å². The van der Waals surface area contributed by atoms with Gasteiger partial charge in [-0.3, -0.25) is 4.79 Å². The summed E-state index contributed by atoms with van der Waals surface area (Å²) >= 11 is 0. The van der Waals surface area contributed by atoms with Crippen LogP contribution in [0.2, 0.25) is 0 Å². The largest absolute Gasteiger partial charge is 0.452 e. The lowest BCUT2D eigenvalue weighted by molar-refractivity contribution is -0.143. The summed E-state index contributed by atoms with van der Waals surface area (Å²) in [6, 6.07) is 9.54. The van der Waals surface area contributed by atoms with Gasteiger partial charge in [-0.1, -0.05) is 29.8 Å².